The molecular formula is C42H45Cl2Zr-. The van der Waals surface area contributed by atoms with Crippen molar-refractivity contribution in [3.63, 3.8) is 0 Å². The predicted octanol–water partition coefficient (Wildman–Crippen LogP) is 3.20. The fraction of sp³-hybridized carbons (Fsp3) is 0.310. The quantitative estimate of drug-likeness (QED) is 0.357. The summed E-state index contributed by atoms with van der Waals surface area (Å²) in [5.74, 6) is 0. The van der Waals surface area contributed by atoms with Crippen LogP contribution in [-0.2, 0) is 29.7 Å². The molecule has 0 bridgehead atoms. The fourth-order valence-corrected chi connectivity index (χ4v) is 7.47. The summed E-state index contributed by atoms with van der Waals surface area (Å²) in [4.78, 5) is 0. The van der Waals surface area contributed by atoms with E-state index in [4.69, 9.17) is 0 Å². The van der Waals surface area contributed by atoms with Crippen molar-refractivity contribution in [2.45, 2.75) is 73.1 Å². The number of benzene rings is 3. The van der Waals surface area contributed by atoms with Crippen molar-refractivity contribution in [1.29, 1.82) is 0 Å². The van der Waals surface area contributed by atoms with Crippen molar-refractivity contribution in [2.24, 2.45) is 10.8 Å². The van der Waals surface area contributed by atoms with Crippen LogP contribution in [-0.4, -0.2) is 3.21 Å². The van der Waals surface area contributed by atoms with Crippen LogP contribution in [0.2, 0.25) is 0 Å². The van der Waals surface area contributed by atoms with E-state index in [2.05, 4.69) is 164 Å². The first-order valence-electron chi connectivity index (χ1n) is 15.7. The Labute approximate surface area is 299 Å². The van der Waals surface area contributed by atoms with E-state index < -0.39 is 0 Å². The Morgan fingerprint density at radius 3 is 1.93 bits per heavy atom. The molecule has 0 saturated heterocycles. The molecule has 3 heteroatoms. The Morgan fingerprint density at radius 2 is 1.44 bits per heavy atom. The monoisotopic (exact) mass is 709 g/mol. The normalized spacial score (nSPS) is 18.1. The summed E-state index contributed by atoms with van der Waals surface area (Å²) in [6.45, 7) is 16.4. The number of fused-ring (bicyclic) bond motifs is 2. The van der Waals surface area contributed by atoms with Crippen LogP contribution >= 0.6 is 0 Å². The zero-order valence-corrected chi connectivity index (χ0v) is 31.7. The first-order chi connectivity index (χ1) is 20.5. The second kappa shape index (κ2) is 15.1. The van der Waals surface area contributed by atoms with Gasteiger partial charge in [0.1, 0.15) is 0 Å². The minimum absolute atomic E-state index is 0. The molecule has 1 atom stereocenters. The van der Waals surface area contributed by atoms with Gasteiger partial charge in [0.2, 0.25) is 0 Å². The summed E-state index contributed by atoms with van der Waals surface area (Å²) in [7, 11) is 0. The van der Waals surface area contributed by atoms with E-state index in [1.807, 2.05) is 0 Å². The van der Waals surface area contributed by atoms with Gasteiger partial charge in [0.25, 0.3) is 0 Å². The maximum absolute atomic E-state index is 3.88. The summed E-state index contributed by atoms with van der Waals surface area (Å²) in [6.07, 6.45) is 19.0. The molecule has 0 aromatic heterocycles. The molecule has 0 saturated carbocycles. The topological polar surface area (TPSA) is 0 Å². The molecule has 0 heterocycles. The van der Waals surface area contributed by atoms with Crippen LogP contribution in [0.1, 0.15) is 84.4 Å². The third kappa shape index (κ3) is 7.65. The van der Waals surface area contributed by atoms with E-state index >= 15 is 0 Å². The number of hydrogen-bond donors (Lipinski definition) is 0. The summed E-state index contributed by atoms with van der Waals surface area (Å²) < 4.78 is 1.42. The average molecular weight is 712 g/mol. The van der Waals surface area contributed by atoms with Gasteiger partial charge in [0, 0.05) is 0 Å². The van der Waals surface area contributed by atoms with Gasteiger partial charge in [-0.05, 0) is 29.1 Å². The van der Waals surface area contributed by atoms with Gasteiger partial charge in [0.15, 0.2) is 0 Å². The molecule has 0 N–H and O–H groups in total. The van der Waals surface area contributed by atoms with Gasteiger partial charge in [-0.1, -0.05) is 114 Å². The number of hydrogen-bond acceptors (Lipinski definition) is 0. The molecule has 232 valence electrons. The van der Waals surface area contributed by atoms with Gasteiger partial charge in [0.05, 0.1) is 0 Å². The van der Waals surface area contributed by atoms with E-state index in [1.165, 1.54) is 89.7 Å². The van der Waals surface area contributed by atoms with Crippen LogP contribution in [0.3, 0.4) is 0 Å². The molecule has 1 unspecified atom stereocenters. The SMILES string of the molecule is CCCC1(C(C)(C)C)C=CC2=c3ccc(C(C)(C)C)cc3=[C-]C2=C1C1=CC=CC1.[Cl-].[Cl-].[Zr+2]=[C](c1ccccc1)c1ccccc1. The third-order valence-electron chi connectivity index (χ3n) is 9.14. The van der Waals surface area contributed by atoms with Crippen molar-refractivity contribution in [3.05, 3.63) is 153 Å². The Bertz CT molecular complexity index is 1720. The van der Waals surface area contributed by atoms with Crippen LogP contribution in [0, 0.1) is 10.8 Å². The van der Waals surface area contributed by atoms with Crippen molar-refractivity contribution in [3.8, 4) is 0 Å². The molecule has 0 spiro atoms. The summed E-state index contributed by atoms with van der Waals surface area (Å²) in [6, 6.07) is 28.1. The van der Waals surface area contributed by atoms with Gasteiger partial charge in [-0.15, -0.1) is 33.7 Å². The van der Waals surface area contributed by atoms with Gasteiger partial charge in [-0.2, -0.15) is 0 Å². The van der Waals surface area contributed by atoms with E-state index in [-0.39, 0.29) is 41.1 Å². The summed E-state index contributed by atoms with van der Waals surface area (Å²) in [5.41, 5.74) is 10.1. The molecule has 45 heavy (non-hydrogen) atoms. The maximum atomic E-state index is 3.88. The van der Waals surface area contributed by atoms with E-state index in [9.17, 15) is 0 Å². The molecule has 6 rings (SSSR count). The van der Waals surface area contributed by atoms with Gasteiger partial charge in [-0.3, -0.25) is 0 Å². The number of rotatable bonds is 5. The summed E-state index contributed by atoms with van der Waals surface area (Å²) in [5, 5.41) is 2.60. The van der Waals surface area contributed by atoms with E-state index in [0.29, 0.717) is 0 Å². The summed E-state index contributed by atoms with van der Waals surface area (Å²) >= 11 is 1.46. The number of allylic oxidation sites excluding steroid dienone is 8. The van der Waals surface area contributed by atoms with Crippen LogP contribution in [0.25, 0.3) is 11.6 Å². The molecule has 3 aliphatic carbocycles. The first-order valence-corrected chi connectivity index (χ1v) is 17.0. The van der Waals surface area contributed by atoms with E-state index in [0.717, 1.165) is 6.42 Å². The van der Waals surface area contributed by atoms with Crippen molar-refractivity contribution in [2.75, 3.05) is 0 Å². The molecule has 3 aliphatic rings. The number of halogens is 2. The van der Waals surface area contributed by atoms with Gasteiger partial charge < -0.3 is 24.8 Å². The van der Waals surface area contributed by atoms with Crippen LogP contribution in [0.5, 0.6) is 0 Å². The third-order valence-corrected chi connectivity index (χ3v) is 10.6. The van der Waals surface area contributed by atoms with Crippen LogP contribution in [0.15, 0.2) is 126 Å². The first kappa shape index (κ1) is 37.2. The van der Waals surface area contributed by atoms with Crippen LogP contribution in [0.4, 0.5) is 0 Å². The average Bonchev–Trinajstić information content (AvgIpc) is 3.65. The van der Waals surface area contributed by atoms with Gasteiger partial charge in [-0.25, -0.2) is 0 Å². The van der Waals surface area contributed by atoms with Crippen molar-refractivity contribution in [1.82, 2.24) is 0 Å². The predicted molar refractivity (Wildman–Crippen MR) is 182 cm³/mol. The molecular weight excluding hydrogens is 667 g/mol. The Morgan fingerprint density at radius 1 is 0.844 bits per heavy atom. The Kier molecular flexibility index (Phi) is 12.4. The molecule has 0 fully saturated rings. The minimum atomic E-state index is 0. The molecule has 0 amide bonds. The van der Waals surface area contributed by atoms with E-state index in [1.54, 1.807) is 0 Å². The molecule has 3 aromatic rings. The Balaban J connectivity index is 0.000000292. The van der Waals surface area contributed by atoms with Crippen molar-refractivity contribution < 1.29 is 49.0 Å². The second-order valence-corrected chi connectivity index (χ2v) is 15.3. The molecule has 3 aromatic carbocycles. The molecule has 0 nitrogen and oxygen atoms in total. The van der Waals surface area contributed by atoms with Crippen molar-refractivity contribution >= 4 is 14.9 Å². The second-order valence-electron chi connectivity index (χ2n) is 14.0. The van der Waals surface area contributed by atoms with Gasteiger partial charge >= 0.3 is 99.2 Å². The fourth-order valence-electron chi connectivity index (χ4n) is 6.65. The zero-order valence-electron chi connectivity index (χ0n) is 27.8. The molecule has 0 radical (unpaired) electrons. The standard InChI is InChI=1S/C29H35.C13H10.2ClH.Zr/c1-8-16-29(28(5,6)7)17-15-24-23-14-13-22(27(2,3)4)18-21(23)19-25(24)26(29)20-11-9-10-12-20;1-3-7-12(8-4-1)11-13-9-5-2-6-10-13;;;/h9-11,13-15,17-18H,8,12,16H2,1-7H3;1-10H;2*1H;/q-1;;;;+2/p-2. The van der Waals surface area contributed by atoms with Crippen LogP contribution < -0.4 is 35.3 Å². The molecule has 0 aliphatic heterocycles. The Hall–Kier alpha value is -2.31. The zero-order chi connectivity index (χ0) is 30.8.